The van der Waals surface area contributed by atoms with Crippen LogP contribution in [-0.2, 0) is 0 Å². The fourth-order valence-electron chi connectivity index (χ4n) is 3.30. The lowest BCUT2D eigenvalue weighted by Crippen LogP contribution is -2.09. The molecule has 2 N–H and O–H groups in total. The van der Waals surface area contributed by atoms with Crippen LogP contribution in [0.1, 0.15) is 24.4 Å². The molecular weight excluding hydrogens is 336 g/mol. The highest BCUT2D eigenvalue weighted by molar-refractivity contribution is 5.94. The number of anilines is 1. The molecule has 0 amide bonds. The van der Waals surface area contributed by atoms with Crippen LogP contribution < -0.4 is 10.1 Å². The first-order chi connectivity index (χ1) is 13.1. The number of methoxy groups -OCH3 is 1. The molecule has 0 saturated heterocycles. The number of aromatic amines is 1. The predicted molar refractivity (Wildman–Crippen MR) is 109 cm³/mol. The van der Waals surface area contributed by atoms with Crippen LogP contribution in [0.2, 0.25) is 0 Å². The normalized spacial score (nSPS) is 12.1. The molecule has 0 bridgehead atoms. The molecular formula is C22H22N4O. The van der Waals surface area contributed by atoms with Crippen molar-refractivity contribution in [1.29, 1.82) is 0 Å². The number of aromatic nitrogens is 3. The summed E-state index contributed by atoms with van der Waals surface area (Å²) >= 11 is 0. The maximum absolute atomic E-state index is 5.33. The molecule has 5 heteroatoms. The molecule has 0 fully saturated rings. The zero-order chi connectivity index (χ0) is 18.8. The summed E-state index contributed by atoms with van der Waals surface area (Å²) in [6.45, 7) is 4.03. The molecule has 0 aliphatic carbocycles. The number of H-pyrrole nitrogens is 1. The van der Waals surface area contributed by atoms with Gasteiger partial charge in [0.1, 0.15) is 17.4 Å². The van der Waals surface area contributed by atoms with Crippen molar-refractivity contribution in [3.05, 3.63) is 72.2 Å². The number of ether oxygens (including phenoxy) is 1. The van der Waals surface area contributed by atoms with Gasteiger partial charge in [0.15, 0.2) is 0 Å². The van der Waals surface area contributed by atoms with Gasteiger partial charge in [0.2, 0.25) is 0 Å². The van der Waals surface area contributed by atoms with Crippen LogP contribution in [0.3, 0.4) is 0 Å². The van der Waals surface area contributed by atoms with Crippen molar-refractivity contribution in [3.63, 3.8) is 0 Å². The first kappa shape index (κ1) is 17.1. The van der Waals surface area contributed by atoms with E-state index in [0.29, 0.717) is 0 Å². The van der Waals surface area contributed by atoms with E-state index in [-0.39, 0.29) is 6.04 Å². The maximum atomic E-state index is 5.33. The Labute approximate surface area is 158 Å². The number of nitrogens with one attached hydrogen (secondary N) is 2. The van der Waals surface area contributed by atoms with Gasteiger partial charge in [-0.2, -0.15) is 0 Å². The van der Waals surface area contributed by atoms with Gasteiger partial charge in [-0.05, 0) is 43.7 Å². The second-order valence-corrected chi connectivity index (χ2v) is 6.57. The van der Waals surface area contributed by atoms with Gasteiger partial charge >= 0.3 is 0 Å². The summed E-state index contributed by atoms with van der Waals surface area (Å²) in [4.78, 5) is 12.5. The third-order valence-electron chi connectivity index (χ3n) is 4.67. The zero-order valence-electron chi connectivity index (χ0n) is 15.7. The van der Waals surface area contributed by atoms with Crippen LogP contribution >= 0.6 is 0 Å². The van der Waals surface area contributed by atoms with Crippen molar-refractivity contribution in [2.24, 2.45) is 0 Å². The lowest BCUT2D eigenvalue weighted by Gasteiger charge is -2.17. The van der Waals surface area contributed by atoms with Crippen LogP contribution in [-0.4, -0.2) is 22.1 Å². The van der Waals surface area contributed by atoms with E-state index in [0.717, 1.165) is 45.1 Å². The molecule has 4 rings (SSSR count). The zero-order valence-corrected chi connectivity index (χ0v) is 15.7. The van der Waals surface area contributed by atoms with Gasteiger partial charge < -0.3 is 15.0 Å². The van der Waals surface area contributed by atoms with Crippen molar-refractivity contribution in [2.75, 3.05) is 12.4 Å². The third kappa shape index (κ3) is 3.49. The fourth-order valence-corrected chi connectivity index (χ4v) is 3.30. The van der Waals surface area contributed by atoms with E-state index in [9.17, 15) is 0 Å². The standard InChI is InChI=1S/C22H22N4O/c1-14(16-6-4-7-17(12-16)27-3)24-22-13-21(25-15(2)26-22)18-8-5-9-20-19(18)10-11-23-20/h4-14,23H,1-3H3,(H,24,25,26)/t14-/m0/s1. The van der Waals surface area contributed by atoms with Crippen LogP contribution in [0.25, 0.3) is 22.2 Å². The molecule has 0 saturated carbocycles. The number of nitrogens with zero attached hydrogens (tertiary/aromatic N) is 2. The molecule has 4 aromatic rings. The largest absolute Gasteiger partial charge is 0.497 e. The van der Waals surface area contributed by atoms with E-state index < -0.39 is 0 Å². The van der Waals surface area contributed by atoms with Gasteiger partial charge in [-0.25, -0.2) is 9.97 Å². The number of benzene rings is 2. The predicted octanol–water partition coefficient (Wildman–Crippen LogP) is 5.12. The van der Waals surface area contributed by atoms with Gasteiger partial charge in [0.05, 0.1) is 18.8 Å². The molecule has 0 aliphatic rings. The minimum absolute atomic E-state index is 0.0882. The SMILES string of the molecule is COc1cccc([C@H](C)Nc2cc(-c3cccc4[nH]ccc34)nc(C)n2)c1. The Morgan fingerprint density at radius 3 is 2.74 bits per heavy atom. The molecule has 2 heterocycles. The fraction of sp³-hybridized carbons (Fsp3) is 0.182. The molecule has 0 aliphatic heterocycles. The first-order valence-corrected chi connectivity index (χ1v) is 8.96. The highest BCUT2D eigenvalue weighted by atomic mass is 16.5. The molecule has 27 heavy (non-hydrogen) atoms. The van der Waals surface area contributed by atoms with Crippen molar-refractivity contribution in [3.8, 4) is 17.0 Å². The number of hydrogen-bond donors (Lipinski definition) is 2. The van der Waals surface area contributed by atoms with Gasteiger partial charge in [-0.3, -0.25) is 0 Å². The summed E-state index contributed by atoms with van der Waals surface area (Å²) in [5, 5.41) is 4.64. The molecule has 1 atom stereocenters. The number of rotatable bonds is 5. The van der Waals surface area contributed by atoms with Gasteiger partial charge in [-0.15, -0.1) is 0 Å². The molecule has 2 aromatic heterocycles. The second-order valence-electron chi connectivity index (χ2n) is 6.57. The van der Waals surface area contributed by atoms with Gasteiger partial charge in [0, 0.05) is 28.7 Å². The molecule has 0 spiro atoms. The Kier molecular flexibility index (Phi) is 4.50. The number of hydrogen-bond acceptors (Lipinski definition) is 4. The maximum Gasteiger partial charge on any atom is 0.130 e. The monoisotopic (exact) mass is 358 g/mol. The second kappa shape index (κ2) is 7.11. The van der Waals surface area contributed by atoms with Crippen molar-refractivity contribution >= 4 is 16.7 Å². The minimum atomic E-state index is 0.0882. The highest BCUT2D eigenvalue weighted by Gasteiger charge is 2.12. The third-order valence-corrected chi connectivity index (χ3v) is 4.67. The Bertz CT molecular complexity index is 1090. The van der Waals surface area contributed by atoms with E-state index in [4.69, 9.17) is 4.74 Å². The summed E-state index contributed by atoms with van der Waals surface area (Å²) in [7, 11) is 1.68. The topological polar surface area (TPSA) is 62.8 Å². The Balaban J connectivity index is 1.67. The van der Waals surface area contributed by atoms with Crippen LogP contribution in [0.5, 0.6) is 5.75 Å². The molecule has 0 radical (unpaired) electrons. The summed E-state index contributed by atoms with van der Waals surface area (Å²) in [6, 6.07) is 18.4. The molecule has 2 aromatic carbocycles. The Hall–Kier alpha value is -3.34. The van der Waals surface area contributed by atoms with E-state index in [2.05, 4.69) is 51.5 Å². The van der Waals surface area contributed by atoms with Crippen molar-refractivity contribution < 1.29 is 4.74 Å². The van der Waals surface area contributed by atoms with Crippen molar-refractivity contribution in [2.45, 2.75) is 19.9 Å². The molecule has 0 unspecified atom stereocenters. The highest BCUT2D eigenvalue weighted by Crippen LogP contribution is 2.29. The van der Waals surface area contributed by atoms with Crippen LogP contribution in [0, 0.1) is 6.92 Å². The summed E-state index contributed by atoms with van der Waals surface area (Å²) in [6.07, 6.45) is 1.95. The quantitative estimate of drug-likeness (QED) is 0.520. The summed E-state index contributed by atoms with van der Waals surface area (Å²) in [5.74, 6) is 2.39. The number of fused-ring (bicyclic) bond motifs is 1. The minimum Gasteiger partial charge on any atom is -0.497 e. The van der Waals surface area contributed by atoms with Crippen molar-refractivity contribution in [1.82, 2.24) is 15.0 Å². The lowest BCUT2D eigenvalue weighted by molar-refractivity contribution is 0.414. The van der Waals surface area contributed by atoms with E-state index in [1.165, 1.54) is 0 Å². The lowest BCUT2D eigenvalue weighted by atomic mass is 10.1. The summed E-state index contributed by atoms with van der Waals surface area (Å²) < 4.78 is 5.33. The van der Waals surface area contributed by atoms with Crippen LogP contribution in [0.4, 0.5) is 5.82 Å². The Morgan fingerprint density at radius 2 is 1.89 bits per heavy atom. The first-order valence-electron chi connectivity index (χ1n) is 8.96. The van der Waals surface area contributed by atoms with E-state index >= 15 is 0 Å². The molecule has 5 nitrogen and oxygen atoms in total. The van der Waals surface area contributed by atoms with Gasteiger partial charge in [-0.1, -0.05) is 24.3 Å². The smallest absolute Gasteiger partial charge is 0.130 e. The molecule has 136 valence electrons. The van der Waals surface area contributed by atoms with Gasteiger partial charge in [0.25, 0.3) is 0 Å². The van der Waals surface area contributed by atoms with Crippen LogP contribution in [0.15, 0.2) is 60.8 Å². The Morgan fingerprint density at radius 1 is 1.04 bits per heavy atom. The average molecular weight is 358 g/mol. The number of aryl methyl sites for hydroxylation is 1. The average Bonchev–Trinajstić information content (AvgIpc) is 3.16. The van der Waals surface area contributed by atoms with E-state index in [1.807, 2.05) is 43.5 Å². The van der Waals surface area contributed by atoms with E-state index in [1.54, 1.807) is 7.11 Å². The summed E-state index contributed by atoms with van der Waals surface area (Å²) in [5.41, 5.74) is 4.24.